The van der Waals surface area contributed by atoms with Crippen molar-refractivity contribution in [1.82, 2.24) is 10.6 Å². The Kier molecular flexibility index (Phi) is 3.82. The summed E-state index contributed by atoms with van der Waals surface area (Å²) in [5, 5.41) is 6.96. The van der Waals surface area contributed by atoms with Gasteiger partial charge in [0.25, 0.3) is 0 Å². The Bertz CT molecular complexity index is 158. The third-order valence-corrected chi connectivity index (χ3v) is 4.02. The lowest BCUT2D eigenvalue weighted by Crippen LogP contribution is -2.56. The van der Waals surface area contributed by atoms with Crippen LogP contribution in [-0.4, -0.2) is 25.7 Å². The second-order valence-electron chi connectivity index (χ2n) is 5.06. The molecule has 0 aromatic carbocycles. The summed E-state index contributed by atoms with van der Waals surface area (Å²) >= 11 is 0. The van der Waals surface area contributed by atoms with Crippen molar-refractivity contribution >= 4 is 0 Å². The van der Waals surface area contributed by atoms with Crippen LogP contribution >= 0.6 is 0 Å². The van der Waals surface area contributed by atoms with E-state index in [2.05, 4.69) is 17.6 Å². The highest BCUT2D eigenvalue weighted by molar-refractivity contribution is 4.83. The number of rotatable bonds is 4. The Morgan fingerprint density at radius 1 is 1.07 bits per heavy atom. The largest absolute Gasteiger partial charge is 0.314 e. The van der Waals surface area contributed by atoms with E-state index >= 15 is 0 Å². The molecule has 1 heterocycles. The van der Waals surface area contributed by atoms with Crippen molar-refractivity contribution in [2.45, 2.75) is 45.1 Å². The molecule has 1 saturated heterocycles. The summed E-state index contributed by atoms with van der Waals surface area (Å²) in [4.78, 5) is 0. The Balaban J connectivity index is 1.58. The van der Waals surface area contributed by atoms with Crippen molar-refractivity contribution in [2.75, 3.05) is 19.6 Å². The molecule has 0 aromatic heterocycles. The first-order chi connectivity index (χ1) is 6.88. The van der Waals surface area contributed by atoms with Crippen LogP contribution in [0, 0.1) is 11.8 Å². The van der Waals surface area contributed by atoms with Gasteiger partial charge in [0.2, 0.25) is 0 Å². The van der Waals surface area contributed by atoms with Crippen LogP contribution < -0.4 is 10.6 Å². The number of hydrogen-bond acceptors (Lipinski definition) is 2. The minimum atomic E-state index is 0.777. The van der Waals surface area contributed by atoms with Gasteiger partial charge in [-0.15, -0.1) is 0 Å². The molecule has 0 spiro atoms. The first kappa shape index (κ1) is 10.4. The van der Waals surface area contributed by atoms with Gasteiger partial charge in [0, 0.05) is 19.1 Å². The molecular weight excluding hydrogens is 172 g/mol. The molecule has 0 amide bonds. The zero-order valence-electron chi connectivity index (χ0n) is 9.39. The summed E-state index contributed by atoms with van der Waals surface area (Å²) in [5.74, 6) is 2.01. The zero-order chi connectivity index (χ0) is 9.80. The first-order valence-corrected chi connectivity index (χ1v) is 6.32. The van der Waals surface area contributed by atoms with Crippen LogP contribution in [-0.2, 0) is 0 Å². The molecule has 2 rings (SSSR count). The van der Waals surface area contributed by atoms with E-state index < -0.39 is 0 Å². The van der Waals surface area contributed by atoms with E-state index in [1.165, 1.54) is 51.7 Å². The summed E-state index contributed by atoms with van der Waals surface area (Å²) in [6.45, 7) is 5.97. The quantitative estimate of drug-likeness (QED) is 0.716. The molecule has 0 radical (unpaired) electrons. The Morgan fingerprint density at radius 3 is 2.21 bits per heavy atom. The smallest absolute Gasteiger partial charge is 0.0317 e. The molecule has 0 bridgehead atoms. The maximum atomic E-state index is 3.66. The van der Waals surface area contributed by atoms with Crippen LogP contribution in [0.2, 0.25) is 0 Å². The number of hydrogen-bond donors (Lipinski definition) is 2. The zero-order valence-corrected chi connectivity index (χ0v) is 9.39. The highest BCUT2D eigenvalue weighted by Gasteiger charge is 2.22. The molecule has 2 fully saturated rings. The fourth-order valence-electron chi connectivity index (χ4n) is 2.61. The fraction of sp³-hybridized carbons (Fsp3) is 1.00. The summed E-state index contributed by atoms with van der Waals surface area (Å²) in [5.41, 5.74) is 0. The van der Waals surface area contributed by atoms with Crippen LogP contribution in [0.4, 0.5) is 0 Å². The van der Waals surface area contributed by atoms with Crippen LogP contribution in [0.1, 0.15) is 39.0 Å². The second-order valence-corrected chi connectivity index (χ2v) is 5.06. The van der Waals surface area contributed by atoms with Gasteiger partial charge in [-0.2, -0.15) is 0 Å². The molecule has 1 aliphatic heterocycles. The fourth-order valence-corrected chi connectivity index (χ4v) is 2.61. The summed E-state index contributed by atoms with van der Waals surface area (Å²) in [6.07, 6.45) is 7.28. The maximum Gasteiger partial charge on any atom is 0.0317 e. The van der Waals surface area contributed by atoms with Crippen molar-refractivity contribution in [3.8, 4) is 0 Å². The molecule has 2 heteroatoms. The highest BCUT2D eigenvalue weighted by atomic mass is 15.1. The predicted octanol–water partition coefficient (Wildman–Crippen LogP) is 1.76. The third-order valence-electron chi connectivity index (χ3n) is 4.02. The molecule has 0 aromatic rings. The lowest BCUT2D eigenvalue weighted by Gasteiger charge is -2.32. The lowest BCUT2D eigenvalue weighted by molar-refractivity contribution is 0.245. The Hall–Kier alpha value is -0.0800. The molecule has 1 saturated carbocycles. The van der Waals surface area contributed by atoms with Gasteiger partial charge in [-0.25, -0.2) is 0 Å². The summed E-state index contributed by atoms with van der Waals surface area (Å²) < 4.78 is 0. The minimum Gasteiger partial charge on any atom is -0.314 e. The van der Waals surface area contributed by atoms with Crippen molar-refractivity contribution in [3.05, 3.63) is 0 Å². The molecule has 2 aliphatic rings. The van der Waals surface area contributed by atoms with Gasteiger partial charge in [0.15, 0.2) is 0 Å². The number of nitrogens with one attached hydrogen (secondary N) is 2. The topological polar surface area (TPSA) is 24.1 Å². The molecule has 1 aliphatic carbocycles. The molecule has 2 N–H and O–H groups in total. The van der Waals surface area contributed by atoms with Crippen molar-refractivity contribution in [2.24, 2.45) is 11.8 Å². The standard InChI is InChI=1S/C12H24N2/c1-2-10-3-5-11(6-4-10)7-14-12-8-13-9-12/h10-14H,2-9H2,1H3. The summed E-state index contributed by atoms with van der Waals surface area (Å²) in [7, 11) is 0. The third kappa shape index (κ3) is 2.71. The Labute approximate surface area is 87.8 Å². The van der Waals surface area contributed by atoms with Gasteiger partial charge < -0.3 is 10.6 Å². The molecular formula is C12H24N2. The average Bonchev–Trinajstić information content (AvgIpc) is 2.16. The highest BCUT2D eigenvalue weighted by Crippen LogP contribution is 2.30. The van der Waals surface area contributed by atoms with Gasteiger partial charge >= 0.3 is 0 Å². The molecule has 82 valence electrons. The van der Waals surface area contributed by atoms with Crippen molar-refractivity contribution in [3.63, 3.8) is 0 Å². The average molecular weight is 196 g/mol. The van der Waals surface area contributed by atoms with Gasteiger partial charge in [-0.05, 0) is 31.2 Å². The SMILES string of the molecule is CCC1CCC(CNC2CNC2)CC1. The van der Waals surface area contributed by atoms with Crippen LogP contribution in [0.25, 0.3) is 0 Å². The monoisotopic (exact) mass is 196 g/mol. The second kappa shape index (κ2) is 5.13. The molecule has 14 heavy (non-hydrogen) atoms. The van der Waals surface area contributed by atoms with E-state index in [0.29, 0.717) is 0 Å². The van der Waals surface area contributed by atoms with Gasteiger partial charge in [-0.1, -0.05) is 26.2 Å². The minimum absolute atomic E-state index is 0.777. The molecule has 0 unspecified atom stereocenters. The van der Waals surface area contributed by atoms with E-state index in [1.54, 1.807) is 0 Å². The lowest BCUT2D eigenvalue weighted by atomic mass is 9.81. The van der Waals surface area contributed by atoms with Gasteiger partial charge in [0.1, 0.15) is 0 Å². The van der Waals surface area contributed by atoms with Crippen LogP contribution in [0.5, 0.6) is 0 Å². The summed E-state index contributed by atoms with van der Waals surface area (Å²) in [6, 6.07) is 0.777. The van der Waals surface area contributed by atoms with Crippen molar-refractivity contribution < 1.29 is 0 Å². The van der Waals surface area contributed by atoms with Gasteiger partial charge in [0.05, 0.1) is 0 Å². The predicted molar refractivity (Wildman–Crippen MR) is 60.4 cm³/mol. The maximum absolute atomic E-state index is 3.66. The van der Waals surface area contributed by atoms with E-state index in [-0.39, 0.29) is 0 Å². The van der Waals surface area contributed by atoms with E-state index in [1.807, 2.05) is 0 Å². The van der Waals surface area contributed by atoms with E-state index in [0.717, 1.165) is 17.9 Å². The van der Waals surface area contributed by atoms with Crippen molar-refractivity contribution in [1.29, 1.82) is 0 Å². The van der Waals surface area contributed by atoms with Crippen LogP contribution in [0.3, 0.4) is 0 Å². The first-order valence-electron chi connectivity index (χ1n) is 6.32. The normalized spacial score (nSPS) is 34.1. The molecule has 0 atom stereocenters. The van der Waals surface area contributed by atoms with E-state index in [9.17, 15) is 0 Å². The molecule has 2 nitrogen and oxygen atoms in total. The van der Waals surface area contributed by atoms with Crippen LogP contribution in [0.15, 0.2) is 0 Å². The van der Waals surface area contributed by atoms with E-state index in [4.69, 9.17) is 0 Å². The van der Waals surface area contributed by atoms with Gasteiger partial charge in [-0.3, -0.25) is 0 Å². The Morgan fingerprint density at radius 2 is 1.71 bits per heavy atom.